The van der Waals surface area contributed by atoms with Crippen LogP contribution in [0.1, 0.15) is 37.7 Å². The summed E-state index contributed by atoms with van der Waals surface area (Å²) in [7, 11) is 0. The molecule has 1 saturated heterocycles. The molecule has 1 aromatic rings. The average Bonchev–Trinajstić information content (AvgIpc) is 2.43. The molecule has 0 atom stereocenters. The van der Waals surface area contributed by atoms with Crippen molar-refractivity contribution in [2.75, 3.05) is 11.5 Å². The lowest BCUT2D eigenvalue weighted by Crippen LogP contribution is -2.30. The summed E-state index contributed by atoms with van der Waals surface area (Å²) in [6.45, 7) is 0. The highest BCUT2D eigenvalue weighted by Gasteiger charge is 2.19. The lowest BCUT2D eigenvalue weighted by Gasteiger charge is -2.25. The highest BCUT2D eigenvalue weighted by Crippen LogP contribution is 2.24. The second kappa shape index (κ2) is 6.47. The predicted molar refractivity (Wildman–Crippen MR) is 82.7 cm³/mol. The third-order valence-electron chi connectivity index (χ3n) is 3.80. The zero-order chi connectivity index (χ0) is 12.9. The van der Waals surface area contributed by atoms with Crippen LogP contribution in [0.25, 0.3) is 0 Å². The van der Waals surface area contributed by atoms with E-state index in [1.807, 2.05) is 18.0 Å². The maximum Gasteiger partial charge on any atom is 0.119 e. The lowest BCUT2D eigenvalue weighted by molar-refractivity contribution is 0.240. The fraction of sp³-hybridized carbons (Fsp3) is 0.562. The summed E-state index contributed by atoms with van der Waals surface area (Å²) in [5.74, 6) is 3.25. The summed E-state index contributed by atoms with van der Waals surface area (Å²) in [5, 5.41) is 0. The van der Waals surface area contributed by atoms with Crippen LogP contribution in [0.5, 0.6) is 5.75 Å². The number of hydrogen-bond donors (Lipinski definition) is 0. The van der Waals surface area contributed by atoms with E-state index in [2.05, 4.69) is 24.3 Å². The van der Waals surface area contributed by atoms with Gasteiger partial charge >= 0.3 is 0 Å². The van der Waals surface area contributed by atoms with Gasteiger partial charge in [0.1, 0.15) is 11.9 Å². The second-order valence-corrected chi connectivity index (χ2v) is 6.49. The zero-order valence-corrected chi connectivity index (χ0v) is 12.1. The van der Waals surface area contributed by atoms with Crippen molar-refractivity contribution in [2.24, 2.45) is 4.99 Å². The Morgan fingerprint density at radius 2 is 1.79 bits per heavy atom. The molecule has 2 nitrogen and oxygen atoms in total. The molecule has 0 unspecified atom stereocenters. The summed E-state index contributed by atoms with van der Waals surface area (Å²) >= 11 is 1.95. The van der Waals surface area contributed by atoms with E-state index < -0.39 is 0 Å². The Hall–Kier alpha value is -0.960. The quantitative estimate of drug-likeness (QED) is 0.776. The molecule has 102 valence electrons. The Kier molecular flexibility index (Phi) is 4.44. The van der Waals surface area contributed by atoms with Crippen LogP contribution in [0.3, 0.4) is 0 Å². The van der Waals surface area contributed by atoms with Crippen molar-refractivity contribution in [1.82, 2.24) is 0 Å². The first-order valence-electron chi connectivity index (χ1n) is 7.28. The van der Waals surface area contributed by atoms with Crippen molar-refractivity contribution in [2.45, 2.75) is 44.2 Å². The van der Waals surface area contributed by atoms with Gasteiger partial charge in [-0.1, -0.05) is 19.3 Å². The van der Waals surface area contributed by atoms with Gasteiger partial charge in [-0.3, -0.25) is 4.99 Å². The van der Waals surface area contributed by atoms with Crippen molar-refractivity contribution >= 4 is 18.0 Å². The molecule has 3 heteroatoms. The molecule has 2 aliphatic rings. The van der Waals surface area contributed by atoms with E-state index >= 15 is 0 Å². The smallest absolute Gasteiger partial charge is 0.119 e. The maximum absolute atomic E-state index is 5.83. The van der Waals surface area contributed by atoms with Crippen LogP contribution in [-0.2, 0) is 0 Å². The summed E-state index contributed by atoms with van der Waals surface area (Å²) in [5.41, 5.74) is 1.18. The Morgan fingerprint density at radius 1 is 1.05 bits per heavy atom. The molecule has 1 saturated carbocycles. The molecule has 0 aromatic heterocycles. The lowest BCUT2D eigenvalue weighted by atomic mass is 9.96. The molecule has 0 radical (unpaired) electrons. The first kappa shape index (κ1) is 13.0. The molecular formula is C16H21NOS. The molecule has 3 rings (SSSR count). The zero-order valence-electron chi connectivity index (χ0n) is 11.3. The van der Waals surface area contributed by atoms with Crippen LogP contribution >= 0.6 is 11.8 Å². The van der Waals surface area contributed by atoms with Crippen LogP contribution in [-0.4, -0.2) is 29.9 Å². The Bertz CT molecular complexity index is 419. The predicted octanol–water partition coefficient (Wildman–Crippen LogP) is 3.93. The van der Waals surface area contributed by atoms with Crippen LogP contribution in [0.15, 0.2) is 29.3 Å². The minimum atomic E-state index is 0.423. The minimum Gasteiger partial charge on any atom is -0.489 e. The second-order valence-electron chi connectivity index (χ2n) is 5.42. The van der Waals surface area contributed by atoms with Gasteiger partial charge in [0.25, 0.3) is 0 Å². The molecule has 0 amide bonds. The van der Waals surface area contributed by atoms with Gasteiger partial charge in [0, 0.05) is 23.8 Å². The summed E-state index contributed by atoms with van der Waals surface area (Å²) in [4.78, 5) is 4.70. The van der Waals surface area contributed by atoms with E-state index in [1.54, 1.807) is 0 Å². The molecule has 0 spiro atoms. The normalized spacial score (nSPS) is 21.5. The van der Waals surface area contributed by atoms with E-state index in [0.29, 0.717) is 12.1 Å². The average molecular weight is 275 g/mol. The monoisotopic (exact) mass is 275 g/mol. The molecule has 1 aromatic carbocycles. The molecule has 2 fully saturated rings. The molecule has 1 aliphatic carbocycles. The van der Waals surface area contributed by atoms with Gasteiger partial charge in [-0.15, -0.1) is 0 Å². The van der Waals surface area contributed by atoms with E-state index in [4.69, 9.17) is 9.73 Å². The number of thioether (sulfide) groups is 1. The first-order valence-corrected chi connectivity index (χ1v) is 8.43. The van der Waals surface area contributed by atoms with E-state index in [9.17, 15) is 0 Å². The third kappa shape index (κ3) is 3.75. The highest BCUT2D eigenvalue weighted by atomic mass is 32.2. The molecule has 19 heavy (non-hydrogen) atoms. The number of hydrogen-bond acceptors (Lipinski definition) is 3. The standard InChI is InChI=1S/C16H21NOS/c1-2-4-14(5-3-1)17-10-13-6-8-15(9-7-13)18-16-11-19-12-16/h6-10,14,16H,1-5,11-12H2. The highest BCUT2D eigenvalue weighted by molar-refractivity contribution is 8.00. The van der Waals surface area contributed by atoms with Crippen molar-refractivity contribution in [3.05, 3.63) is 29.8 Å². The van der Waals surface area contributed by atoms with Crippen molar-refractivity contribution < 1.29 is 4.74 Å². The maximum atomic E-state index is 5.83. The minimum absolute atomic E-state index is 0.423. The van der Waals surface area contributed by atoms with Crippen LogP contribution in [0.2, 0.25) is 0 Å². The topological polar surface area (TPSA) is 21.6 Å². The number of benzene rings is 1. The molecule has 0 N–H and O–H groups in total. The van der Waals surface area contributed by atoms with Gasteiger partial charge in [-0.2, -0.15) is 11.8 Å². The molecule has 0 bridgehead atoms. The number of rotatable bonds is 4. The Morgan fingerprint density at radius 3 is 2.42 bits per heavy atom. The Balaban J connectivity index is 1.54. The van der Waals surface area contributed by atoms with Crippen LogP contribution in [0.4, 0.5) is 0 Å². The van der Waals surface area contributed by atoms with Gasteiger partial charge in [0.05, 0.1) is 0 Å². The van der Waals surface area contributed by atoms with Gasteiger partial charge in [0.2, 0.25) is 0 Å². The largest absolute Gasteiger partial charge is 0.489 e. The fourth-order valence-corrected chi connectivity index (χ4v) is 3.09. The summed E-state index contributed by atoms with van der Waals surface area (Å²) in [6.07, 6.45) is 9.04. The van der Waals surface area contributed by atoms with Crippen molar-refractivity contribution in [1.29, 1.82) is 0 Å². The number of ether oxygens (including phenoxy) is 1. The van der Waals surface area contributed by atoms with Crippen LogP contribution < -0.4 is 4.74 Å². The Labute approximate surface area is 119 Å². The molecule has 1 aliphatic heterocycles. The van der Waals surface area contributed by atoms with Crippen LogP contribution in [0, 0.1) is 0 Å². The van der Waals surface area contributed by atoms with E-state index in [1.165, 1.54) is 37.7 Å². The number of aliphatic imine (C=N–C) groups is 1. The van der Waals surface area contributed by atoms with Gasteiger partial charge in [0.15, 0.2) is 0 Å². The van der Waals surface area contributed by atoms with E-state index in [-0.39, 0.29) is 0 Å². The van der Waals surface area contributed by atoms with Crippen molar-refractivity contribution in [3.63, 3.8) is 0 Å². The fourth-order valence-electron chi connectivity index (χ4n) is 2.53. The first-order chi connectivity index (χ1) is 9.40. The SMILES string of the molecule is C(=NC1CCCCC1)c1ccc(OC2CSC2)cc1. The van der Waals surface area contributed by atoms with Gasteiger partial charge < -0.3 is 4.74 Å². The van der Waals surface area contributed by atoms with Crippen molar-refractivity contribution in [3.8, 4) is 5.75 Å². The van der Waals surface area contributed by atoms with Gasteiger partial charge in [-0.05, 0) is 42.7 Å². The third-order valence-corrected chi connectivity index (χ3v) is 5.01. The van der Waals surface area contributed by atoms with Gasteiger partial charge in [-0.25, -0.2) is 0 Å². The molecular weight excluding hydrogens is 254 g/mol. The number of nitrogens with zero attached hydrogens (tertiary/aromatic N) is 1. The molecule has 1 heterocycles. The summed E-state index contributed by atoms with van der Waals surface area (Å²) < 4.78 is 5.83. The van der Waals surface area contributed by atoms with E-state index in [0.717, 1.165) is 17.3 Å². The summed E-state index contributed by atoms with van der Waals surface area (Å²) in [6, 6.07) is 8.88.